The van der Waals surface area contributed by atoms with Crippen LogP contribution in [0.4, 0.5) is 4.39 Å². The summed E-state index contributed by atoms with van der Waals surface area (Å²) >= 11 is 5.71. The predicted octanol–water partition coefficient (Wildman–Crippen LogP) is 3.31. The third kappa shape index (κ3) is 3.09. The third-order valence-electron chi connectivity index (χ3n) is 2.66. The number of rotatable bonds is 4. The minimum absolute atomic E-state index is 0.0522. The van der Waals surface area contributed by atoms with E-state index in [1.165, 1.54) is 25.4 Å². The zero-order chi connectivity index (χ0) is 13.8. The Balaban J connectivity index is 2.24. The molecule has 3 nitrogen and oxygen atoms in total. The molecule has 2 rings (SSSR count). The van der Waals surface area contributed by atoms with Gasteiger partial charge < -0.3 is 4.74 Å². The van der Waals surface area contributed by atoms with Crippen molar-refractivity contribution in [1.82, 2.24) is 4.98 Å². The first-order valence-corrected chi connectivity index (χ1v) is 5.95. The van der Waals surface area contributed by atoms with E-state index in [-0.39, 0.29) is 28.7 Å². The number of halogens is 2. The molecule has 0 spiro atoms. The fourth-order valence-corrected chi connectivity index (χ4v) is 1.88. The predicted molar refractivity (Wildman–Crippen MR) is 70.2 cm³/mol. The van der Waals surface area contributed by atoms with Crippen LogP contribution in [0.15, 0.2) is 36.5 Å². The van der Waals surface area contributed by atoms with E-state index >= 15 is 0 Å². The Morgan fingerprint density at radius 3 is 2.89 bits per heavy atom. The summed E-state index contributed by atoms with van der Waals surface area (Å²) in [5.74, 6) is -0.618. The molecular weight excluding hydrogens is 269 g/mol. The topological polar surface area (TPSA) is 39.2 Å². The molecule has 0 aliphatic carbocycles. The van der Waals surface area contributed by atoms with E-state index in [1.54, 1.807) is 18.2 Å². The van der Waals surface area contributed by atoms with Crippen LogP contribution in [-0.2, 0) is 6.42 Å². The van der Waals surface area contributed by atoms with Gasteiger partial charge in [0.15, 0.2) is 17.3 Å². The van der Waals surface area contributed by atoms with Crippen LogP contribution in [0.3, 0.4) is 0 Å². The maximum absolute atomic E-state index is 13.9. The quantitative estimate of drug-likeness (QED) is 0.637. The molecule has 0 N–H and O–H groups in total. The number of carbonyl (C=O) groups is 1. The molecule has 0 radical (unpaired) electrons. The van der Waals surface area contributed by atoms with Gasteiger partial charge in [0.2, 0.25) is 0 Å². The van der Waals surface area contributed by atoms with Crippen LogP contribution in [0.2, 0.25) is 5.15 Å². The number of aromatic nitrogens is 1. The zero-order valence-electron chi connectivity index (χ0n) is 10.2. The molecule has 0 saturated carbocycles. The molecule has 0 aliphatic rings. The highest BCUT2D eigenvalue weighted by Crippen LogP contribution is 2.21. The van der Waals surface area contributed by atoms with Gasteiger partial charge in [0.05, 0.1) is 7.11 Å². The van der Waals surface area contributed by atoms with Crippen LogP contribution >= 0.6 is 11.6 Å². The number of ether oxygens (including phenoxy) is 1. The molecule has 0 atom stereocenters. The molecule has 98 valence electrons. The van der Waals surface area contributed by atoms with E-state index in [1.807, 2.05) is 0 Å². The van der Waals surface area contributed by atoms with E-state index < -0.39 is 5.82 Å². The Labute approximate surface area is 115 Å². The zero-order valence-corrected chi connectivity index (χ0v) is 10.9. The van der Waals surface area contributed by atoms with Gasteiger partial charge in [0.1, 0.15) is 5.15 Å². The lowest BCUT2D eigenvalue weighted by atomic mass is 10.0. The fourth-order valence-electron chi connectivity index (χ4n) is 1.70. The van der Waals surface area contributed by atoms with Crippen molar-refractivity contribution in [3.8, 4) is 5.75 Å². The SMILES string of the molecule is COc1cccc(CC(=O)c2ccnc(Cl)c2)c1F. The van der Waals surface area contributed by atoms with Crippen molar-refractivity contribution in [3.05, 3.63) is 58.6 Å². The number of methoxy groups -OCH3 is 1. The Morgan fingerprint density at radius 2 is 2.21 bits per heavy atom. The summed E-state index contributed by atoms with van der Waals surface area (Å²) in [4.78, 5) is 15.8. The van der Waals surface area contributed by atoms with Gasteiger partial charge >= 0.3 is 0 Å². The molecule has 0 fully saturated rings. The highest BCUT2D eigenvalue weighted by atomic mass is 35.5. The average Bonchev–Trinajstić information content (AvgIpc) is 2.41. The summed E-state index contributed by atoms with van der Waals surface area (Å²) < 4.78 is 18.8. The second-order valence-corrected chi connectivity index (χ2v) is 4.29. The van der Waals surface area contributed by atoms with Gasteiger partial charge in [-0.05, 0) is 23.8 Å². The first kappa shape index (κ1) is 13.5. The first-order valence-electron chi connectivity index (χ1n) is 5.58. The van der Waals surface area contributed by atoms with Gasteiger partial charge in [-0.25, -0.2) is 9.37 Å². The molecule has 1 aromatic heterocycles. The van der Waals surface area contributed by atoms with E-state index in [9.17, 15) is 9.18 Å². The summed E-state index contributed by atoms with van der Waals surface area (Å²) in [7, 11) is 1.38. The Kier molecular flexibility index (Phi) is 4.12. The highest BCUT2D eigenvalue weighted by Gasteiger charge is 2.13. The van der Waals surface area contributed by atoms with Crippen LogP contribution in [-0.4, -0.2) is 17.9 Å². The number of pyridine rings is 1. The van der Waals surface area contributed by atoms with Gasteiger partial charge in [-0.15, -0.1) is 0 Å². The number of ketones is 1. The number of benzene rings is 1. The van der Waals surface area contributed by atoms with E-state index in [4.69, 9.17) is 16.3 Å². The maximum atomic E-state index is 13.9. The number of hydrogen-bond acceptors (Lipinski definition) is 3. The Bertz CT molecular complexity index is 616. The molecule has 5 heteroatoms. The Hall–Kier alpha value is -1.94. The summed E-state index contributed by atoms with van der Waals surface area (Å²) in [6.07, 6.45) is 1.39. The van der Waals surface area contributed by atoms with Crippen LogP contribution in [0, 0.1) is 5.82 Å². The fraction of sp³-hybridized carbons (Fsp3) is 0.143. The summed E-state index contributed by atoms with van der Waals surface area (Å²) in [5.41, 5.74) is 0.694. The minimum atomic E-state index is -0.515. The summed E-state index contributed by atoms with van der Waals surface area (Å²) in [6.45, 7) is 0. The average molecular weight is 280 g/mol. The number of carbonyl (C=O) groups excluding carboxylic acids is 1. The van der Waals surface area contributed by atoms with E-state index in [0.29, 0.717) is 5.56 Å². The van der Waals surface area contributed by atoms with Crippen molar-refractivity contribution in [2.24, 2.45) is 0 Å². The molecule has 19 heavy (non-hydrogen) atoms. The monoisotopic (exact) mass is 279 g/mol. The minimum Gasteiger partial charge on any atom is -0.494 e. The molecule has 0 aliphatic heterocycles. The second kappa shape index (κ2) is 5.80. The van der Waals surface area contributed by atoms with Gasteiger partial charge in [0, 0.05) is 18.2 Å². The number of Topliss-reactive ketones (excluding diaryl/α,β-unsaturated/α-hetero) is 1. The van der Waals surface area contributed by atoms with Gasteiger partial charge in [-0.1, -0.05) is 23.7 Å². The van der Waals surface area contributed by atoms with Gasteiger partial charge in [0.25, 0.3) is 0 Å². The maximum Gasteiger partial charge on any atom is 0.168 e. The molecule has 0 bridgehead atoms. The largest absolute Gasteiger partial charge is 0.494 e. The van der Waals surface area contributed by atoms with Crippen molar-refractivity contribution in [1.29, 1.82) is 0 Å². The lowest BCUT2D eigenvalue weighted by molar-refractivity contribution is 0.0991. The van der Waals surface area contributed by atoms with Crippen LogP contribution in [0.25, 0.3) is 0 Å². The van der Waals surface area contributed by atoms with Crippen molar-refractivity contribution in [2.75, 3.05) is 7.11 Å². The van der Waals surface area contributed by atoms with Gasteiger partial charge in [-0.2, -0.15) is 0 Å². The molecule has 0 unspecified atom stereocenters. The van der Waals surface area contributed by atoms with Crippen LogP contribution < -0.4 is 4.74 Å². The van der Waals surface area contributed by atoms with Crippen molar-refractivity contribution < 1.29 is 13.9 Å². The smallest absolute Gasteiger partial charge is 0.168 e. The molecule has 1 aromatic carbocycles. The first-order chi connectivity index (χ1) is 9.11. The van der Waals surface area contributed by atoms with Gasteiger partial charge in [-0.3, -0.25) is 4.79 Å². The lowest BCUT2D eigenvalue weighted by Gasteiger charge is -2.07. The summed E-state index contributed by atoms with van der Waals surface area (Å²) in [6, 6.07) is 7.71. The lowest BCUT2D eigenvalue weighted by Crippen LogP contribution is -2.06. The van der Waals surface area contributed by atoms with Crippen LogP contribution in [0.1, 0.15) is 15.9 Å². The second-order valence-electron chi connectivity index (χ2n) is 3.90. The standard InChI is InChI=1S/C14H11ClFNO2/c1-19-12-4-2-3-10(14(12)16)7-11(18)9-5-6-17-13(15)8-9/h2-6,8H,7H2,1H3. The van der Waals surface area contributed by atoms with Crippen LogP contribution in [0.5, 0.6) is 5.75 Å². The van der Waals surface area contributed by atoms with E-state index in [0.717, 1.165) is 0 Å². The molecule has 0 saturated heterocycles. The van der Waals surface area contributed by atoms with Crippen molar-refractivity contribution >= 4 is 17.4 Å². The van der Waals surface area contributed by atoms with Crippen molar-refractivity contribution in [2.45, 2.75) is 6.42 Å². The number of hydrogen-bond donors (Lipinski definition) is 0. The highest BCUT2D eigenvalue weighted by molar-refractivity contribution is 6.29. The molecular formula is C14H11ClFNO2. The molecule has 1 heterocycles. The molecule has 0 amide bonds. The summed E-state index contributed by atoms with van der Waals surface area (Å²) in [5, 5.41) is 0.233. The molecule has 2 aromatic rings. The van der Waals surface area contributed by atoms with E-state index in [2.05, 4.69) is 4.98 Å². The van der Waals surface area contributed by atoms with Crippen molar-refractivity contribution in [3.63, 3.8) is 0 Å². The number of nitrogens with zero attached hydrogens (tertiary/aromatic N) is 1. The third-order valence-corrected chi connectivity index (χ3v) is 2.87. The Morgan fingerprint density at radius 1 is 1.42 bits per heavy atom. The normalized spacial score (nSPS) is 10.3.